The molecule has 57 heavy (non-hydrogen) atoms. The highest BCUT2D eigenvalue weighted by Crippen LogP contribution is 2.34. The number of piperidine rings is 2. The zero-order chi connectivity index (χ0) is 42.6. The van der Waals surface area contributed by atoms with Crippen LogP contribution in [0.2, 0.25) is 0 Å². The number of hydrogen-bond donors (Lipinski definition) is 3. The highest BCUT2D eigenvalue weighted by molar-refractivity contribution is 9.09. The molecule has 2 atom stereocenters. The van der Waals surface area contributed by atoms with Crippen molar-refractivity contribution in [3.05, 3.63) is 58.7 Å². The van der Waals surface area contributed by atoms with Crippen molar-refractivity contribution in [1.82, 2.24) is 20.4 Å². The van der Waals surface area contributed by atoms with Crippen molar-refractivity contribution in [2.45, 2.75) is 90.5 Å². The summed E-state index contributed by atoms with van der Waals surface area (Å²) in [6.45, 7) is 10.2. The molecular weight excluding hydrogens is 816 g/mol. The molecule has 4 aliphatic rings. The topological polar surface area (TPSA) is 249 Å². The van der Waals surface area contributed by atoms with E-state index in [0.29, 0.717) is 0 Å². The van der Waals surface area contributed by atoms with Crippen molar-refractivity contribution in [1.29, 1.82) is 0 Å². The lowest BCUT2D eigenvalue weighted by molar-refractivity contribution is -0.157. The van der Waals surface area contributed by atoms with Crippen LogP contribution in [0.15, 0.2) is 36.4 Å². The molecule has 3 N–H and O–H groups in total. The molecule has 4 aliphatic heterocycles. The molecule has 2 aromatic rings. The number of ether oxygens (including phenoxy) is 3. The van der Waals surface area contributed by atoms with Crippen LogP contribution in [0.25, 0.3) is 0 Å². The summed E-state index contributed by atoms with van der Waals surface area (Å²) in [6, 6.07) is 6.52. The van der Waals surface area contributed by atoms with E-state index >= 15 is 0 Å². The van der Waals surface area contributed by atoms with Gasteiger partial charge in [-0.05, 0) is 78.6 Å². The maximum Gasteiger partial charge on any atom is 0.344 e. The predicted molar refractivity (Wildman–Crippen MR) is 199 cm³/mol. The van der Waals surface area contributed by atoms with Crippen LogP contribution in [-0.2, 0) is 38.2 Å². The van der Waals surface area contributed by atoms with Crippen molar-refractivity contribution < 1.29 is 67.3 Å². The number of hydrogen-bond acceptors (Lipinski definition) is 14. The quantitative estimate of drug-likeness (QED) is 0.214. The fraction of sp³-hybridized carbons (Fsp3) is 0.421. The summed E-state index contributed by atoms with van der Waals surface area (Å²) in [5.41, 5.74) is -1.00. The minimum Gasteiger partial charge on any atom is -0.507 e. The number of phenolic OH excluding ortho intramolecular Hbond substituents is 1. The maximum atomic E-state index is 12.9. The molecule has 0 bridgehead atoms. The highest BCUT2D eigenvalue weighted by Gasteiger charge is 2.47. The van der Waals surface area contributed by atoms with E-state index in [4.69, 9.17) is 14.2 Å². The summed E-state index contributed by atoms with van der Waals surface area (Å²) in [5, 5.41) is 14.2. The number of halogens is 1. The number of benzene rings is 2. The lowest BCUT2D eigenvalue weighted by Gasteiger charge is -2.27. The number of alkyl halides is 1. The third-order valence-corrected chi connectivity index (χ3v) is 8.63. The lowest BCUT2D eigenvalue weighted by Crippen LogP contribution is -2.54. The summed E-state index contributed by atoms with van der Waals surface area (Å²) in [4.78, 5) is 120. The summed E-state index contributed by atoms with van der Waals surface area (Å²) >= 11 is 2.99. The molecule has 18 nitrogen and oxygen atoms in total. The Bertz CT molecular complexity index is 2050. The number of aromatic hydroxyl groups is 1. The van der Waals surface area contributed by atoms with Crippen LogP contribution in [0, 0.1) is 0 Å². The van der Waals surface area contributed by atoms with Gasteiger partial charge in [0.15, 0.2) is 6.61 Å². The molecule has 6 rings (SSSR count). The lowest BCUT2D eigenvalue weighted by atomic mass is 10.0. The molecule has 0 aromatic heterocycles. The van der Waals surface area contributed by atoms with Crippen molar-refractivity contribution in [2.75, 3.05) is 11.9 Å². The molecule has 2 saturated heterocycles. The van der Waals surface area contributed by atoms with Crippen LogP contribution in [0.5, 0.6) is 11.5 Å². The molecule has 8 amide bonds. The van der Waals surface area contributed by atoms with E-state index in [0.717, 1.165) is 9.80 Å². The average molecular weight is 858 g/mol. The van der Waals surface area contributed by atoms with Crippen LogP contribution in [0.3, 0.4) is 0 Å². The van der Waals surface area contributed by atoms with E-state index in [1.807, 2.05) is 20.8 Å². The molecule has 0 radical (unpaired) electrons. The summed E-state index contributed by atoms with van der Waals surface area (Å²) in [5.74, 6) is -6.00. The molecule has 304 valence electrons. The zero-order valence-electron chi connectivity index (χ0n) is 31.9. The van der Waals surface area contributed by atoms with Crippen LogP contribution >= 0.6 is 15.9 Å². The minimum absolute atomic E-state index is 0.0132. The Kier molecular flexibility index (Phi) is 13.4. The number of imide groups is 4. The van der Waals surface area contributed by atoms with Crippen LogP contribution in [0.1, 0.15) is 109 Å². The van der Waals surface area contributed by atoms with E-state index in [1.54, 1.807) is 20.8 Å². The van der Waals surface area contributed by atoms with Gasteiger partial charge in [-0.25, -0.2) is 4.79 Å². The molecule has 0 aliphatic carbocycles. The molecule has 2 fully saturated rings. The van der Waals surface area contributed by atoms with Crippen molar-refractivity contribution in [2.24, 2.45) is 0 Å². The van der Waals surface area contributed by atoms with Crippen LogP contribution < -0.4 is 15.4 Å². The molecule has 2 aromatic carbocycles. The number of rotatable bonds is 6. The first kappa shape index (κ1) is 43.7. The second-order valence-corrected chi connectivity index (χ2v) is 15.4. The van der Waals surface area contributed by atoms with E-state index < -0.39 is 77.5 Å². The predicted octanol–water partition coefficient (Wildman–Crippen LogP) is 2.32. The molecule has 0 spiro atoms. The van der Waals surface area contributed by atoms with Gasteiger partial charge in [-0.1, -0.05) is 28.1 Å². The van der Waals surface area contributed by atoms with E-state index in [-0.39, 0.29) is 76.3 Å². The smallest absolute Gasteiger partial charge is 0.344 e. The molecule has 2 unspecified atom stereocenters. The van der Waals surface area contributed by atoms with E-state index in [2.05, 4.69) is 26.6 Å². The van der Waals surface area contributed by atoms with Gasteiger partial charge in [0.1, 0.15) is 40.1 Å². The Morgan fingerprint density at radius 2 is 1.12 bits per heavy atom. The first-order chi connectivity index (χ1) is 26.5. The van der Waals surface area contributed by atoms with Crippen molar-refractivity contribution >= 4 is 75.1 Å². The molecule has 4 heterocycles. The van der Waals surface area contributed by atoms with E-state index in [9.17, 15) is 53.1 Å². The van der Waals surface area contributed by atoms with Gasteiger partial charge in [0, 0.05) is 12.8 Å². The van der Waals surface area contributed by atoms with Crippen LogP contribution in [-0.4, -0.2) is 109 Å². The van der Waals surface area contributed by atoms with Gasteiger partial charge in [-0.3, -0.25) is 63.6 Å². The van der Waals surface area contributed by atoms with Crippen molar-refractivity contribution in [3.8, 4) is 11.5 Å². The Balaban J connectivity index is 0.000000215. The third-order valence-electron chi connectivity index (χ3n) is 8.17. The molecular formula is C38H41BrN4O14. The zero-order valence-corrected chi connectivity index (χ0v) is 33.5. The number of carbonyl (C=O) groups excluding carboxylic acids is 10. The van der Waals surface area contributed by atoms with Gasteiger partial charge < -0.3 is 19.3 Å². The minimum atomic E-state index is -1.07. The number of esters is 2. The highest BCUT2D eigenvalue weighted by atomic mass is 79.9. The first-order valence-corrected chi connectivity index (χ1v) is 18.7. The van der Waals surface area contributed by atoms with Gasteiger partial charge in [-0.2, -0.15) is 0 Å². The second kappa shape index (κ2) is 17.4. The Hall–Kier alpha value is -5.98. The van der Waals surface area contributed by atoms with Gasteiger partial charge in [0.25, 0.3) is 23.6 Å². The maximum absolute atomic E-state index is 12.9. The standard InChI is InChI=1S/C19H20N2O7.C13H10N2O5.C6H11BrO2/c1-19(2,3)28-14(23)9-27-12-6-4-5-10-15(12)18(26)21(17(10)25)11-7-8-13(22)20-16(11)24;16-8-3-1-2-6-10(8)13(20)15(12(6)19)7-4-5-9(17)14-11(7)18;1-6(2,3)9-5(8)4-7/h4-6,11H,7-9H2,1-3H3,(H,20,22,24);1-3,7,16H,4-5H2,(H,14,17,18);4H2,1-3H3. The Labute approximate surface area is 334 Å². The fourth-order valence-electron chi connectivity index (χ4n) is 5.98. The summed E-state index contributed by atoms with van der Waals surface area (Å²) < 4.78 is 15.5. The van der Waals surface area contributed by atoms with E-state index in [1.165, 1.54) is 36.4 Å². The monoisotopic (exact) mass is 856 g/mol. The van der Waals surface area contributed by atoms with Gasteiger partial charge >= 0.3 is 11.9 Å². The number of nitrogens with one attached hydrogen (secondary N) is 2. The summed E-state index contributed by atoms with van der Waals surface area (Å²) in [7, 11) is 0. The Morgan fingerprint density at radius 3 is 1.54 bits per heavy atom. The van der Waals surface area contributed by atoms with Crippen molar-refractivity contribution in [3.63, 3.8) is 0 Å². The third kappa shape index (κ3) is 10.5. The molecule has 0 saturated carbocycles. The largest absolute Gasteiger partial charge is 0.507 e. The normalized spacial score (nSPS) is 19.0. The number of nitrogens with zero attached hydrogens (tertiary/aromatic N) is 2. The first-order valence-electron chi connectivity index (χ1n) is 17.5. The van der Waals surface area contributed by atoms with Gasteiger partial charge in [-0.15, -0.1) is 0 Å². The number of amides is 8. The molecule has 19 heteroatoms. The number of phenols is 1. The Morgan fingerprint density at radius 1 is 0.684 bits per heavy atom. The van der Waals surface area contributed by atoms with Crippen LogP contribution in [0.4, 0.5) is 0 Å². The second-order valence-electron chi connectivity index (χ2n) is 14.9. The average Bonchev–Trinajstić information content (AvgIpc) is 3.51. The summed E-state index contributed by atoms with van der Waals surface area (Å²) in [6.07, 6.45) is 0.253. The van der Waals surface area contributed by atoms with Gasteiger partial charge in [0.05, 0.1) is 22.3 Å². The fourth-order valence-corrected chi connectivity index (χ4v) is 6.09. The number of fused-ring (bicyclic) bond motifs is 2. The van der Waals surface area contributed by atoms with Gasteiger partial charge in [0.2, 0.25) is 23.6 Å². The number of carbonyl (C=O) groups is 10. The SMILES string of the molecule is CC(C)(C)OC(=O)CBr.CC(C)(C)OC(=O)COc1cccc2c1C(=O)N(C1CCC(=O)NC1=O)C2=O.O=C1CCC(N2C(=O)c3cccc(O)c3C2=O)C(=O)N1.